The molecule has 0 amide bonds. The molecule has 2 aromatic carbocycles. The van der Waals surface area contributed by atoms with Crippen LogP contribution in [0.25, 0.3) is 11.1 Å². The Hall–Kier alpha value is -2.53. The summed E-state index contributed by atoms with van der Waals surface area (Å²) in [6.45, 7) is 1.44. The number of halogens is 1. The Labute approximate surface area is 176 Å². The molecule has 2 aromatic rings. The van der Waals surface area contributed by atoms with Crippen molar-refractivity contribution in [2.75, 3.05) is 13.1 Å². The number of nitrogens with one attached hydrogen (secondary N) is 1. The van der Waals surface area contributed by atoms with Crippen molar-refractivity contribution >= 4 is 11.9 Å². The van der Waals surface area contributed by atoms with Gasteiger partial charge in [-0.2, -0.15) is 0 Å². The van der Waals surface area contributed by atoms with Crippen LogP contribution in [0.5, 0.6) is 0 Å². The second-order valence-electron chi connectivity index (χ2n) is 8.77. The van der Waals surface area contributed by atoms with E-state index in [4.69, 9.17) is 9.73 Å². The van der Waals surface area contributed by atoms with Gasteiger partial charge in [0.1, 0.15) is 5.67 Å². The monoisotopic (exact) mass is 406 g/mol. The quantitative estimate of drug-likeness (QED) is 0.737. The van der Waals surface area contributed by atoms with Gasteiger partial charge in [0, 0.05) is 5.56 Å². The molecule has 1 saturated heterocycles. The number of hydrogen-bond donors (Lipinski definition) is 1. The number of carbonyl (C=O) groups is 1. The minimum absolute atomic E-state index is 0.199. The highest BCUT2D eigenvalue weighted by atomic mass is 19.1. The Balaban J connectivity index is 1.34. The zero-order valence-corrected chi connectivity index (χ0v) is 17.1. The van der Waals surface area contributed by atoms with Crippen molar-refractivity contribution in [2.45, 2.75) is 56.2 Å². The van der Waals surface area contributed by atoms with Crippen molar-refractivity contribution in [2.24, 2.45) is 4.99 Å². The lowest BCUT2D eigenvalue weighted by atomic mass is 9.83. The van der Waals surface area contributed by atoms with E-state index in [2.05, 4.69) is 5.32 Å². The molecule has 2 aliphatic heterocycles. The van der Waals surface area contributed by atoms with Crippen LogP contribution in [-0.2, 0) is 15.2 Å². The molecule has 1 aliphatic carbocycles. The number of aliphatic imine (C=N–C) groups is 1. The number of piperidine rings is 1. The molecule has 2 fully saturated rings. The third-order valence-corrected chi connectivity index (χ3v) is 6.83. The fraction of sp³-hybridized carbons (Fsp3) is 0.440. The van der Waals surface area contributed by atoms with Gasteiger partial charge in [0.2, 0.25) is 5.90 Å². The van der Waals surface area contributed by atoms with Crippen molar-refractivity contribution < 1.29 is 13.9 Å². The number of ether oxygens (including phenoxy) is 1. The highest BCUT2D eigenvalue weighted by molar-refractivity contribution is 6.08. The van der Waals surface area contributed by atoms with Crippen LogP contribution in [0.4, 0.5) is 4.39 Å². The van der Waals surface area contributed by atoms with Crippen LogP contribution in [0.3, 0.4) is 0 Å². The van der Waals surface area contributed by atoms with E-state index in [1.165, 1.54) is 0 Å². The highest BCUT2D eigenvalue weighted by Gasteiger charge is 2.46. The summed E-state index contributed by atoms with van der Waals surface area (Å²) in [6, 6.07) is 15.7. The number of nitrogens with zero attached hydrogens (tertiary/aromatic N) is 1. The molecule has 1 N–H and O–H groups in total. The number of esters is 1. The van der Waals surface area contributed by atoms with E-state index in [0.717, 1.165) is 67.4 Å². The SMILES string of the molecule is O=C1OC(c2ccc(-c3ccc(C4(F)CCNCC4)cc3)cc2)=NC12CCCCC2. The predicted molar refractivity (Wildman–Crippen MR) is 115 cm³/mol. The molecule has 1 saturated carbocycles. The number of benzene rings is 2. The fourth-order valence-electron chi connectivity index (χ4n) is 4.90. The van der Waals surface area contributed by atoms with E-state index in [-0.39, 0.29) is 5.97 Å². The van der Waals surface area contributed by atoms with Gasteiger partial charge in [-0.05, 0) is 67.6 Å². The van der Waals surface area contributed by atoms with Crippen LogP contribution in [0, 0.1) is 0 Å². The maximum absolute atomic E-state index is 15.2. The molecule has 1 spiro atoms. The van der Waals surface area contributed by atoms with Gasteiger partial charge in [-0.15, -0.1) is 0 Å². The normalized spacial score (nSPS) is 22.6. The summed E-state index contributed by atoms with van der Waals surface area (Å²) in [4.78, 5) is 17.1. The summed E-state index contributed by atoms with van der Waals surface area (Å²) in [7, 11) is 0. The summed E-state index contributed by atoms with van der Waals surface area (Å²) in [5.41, 5.74) is 1.78. The van der Waals surface area contributed by atoms with Crippen molar-refractivity contribution in [3.63, 3.8) is 0 Å². The Kier molecular flexibility index (Phi) is 4.94. The predicted octanol–water partition coefficient (Wildman–Crippen LogP) is 4.91. The fourth-order valence-corrected chi connectivity index (χ4v) is 4.90. The van der Waals surface area contributed by atoms with Gasteiger partial charge >= 0.3 is 5.97 Å². The van der Waals surface area contributed by atoms with Gasteiger partial charge in [-0.25, -0.2) is 14.2 Å². The molecule has 3 aliphatic rings. The van der Waals surface area contributed by atoms with Crippen molar-refractivity contribution in [1.29, 1.82) is 0 Å². The number of hydrogen-bond acceptors (Lipinski definition) is 4. The molecule has 0 bridgehead atoms. The molecule has 4 nitrogen and oxygen atoms in total. The Morgan fingerprint density at radius 2 is 1.37 bits per heavy atom. The average molecular weight is 407 g/mol. The van der Waals surface area contributed by atoms with Gasteiger partial charge in [-0.1, -0.05) is 55.7 Å². The maximum atomic E-state index is 15.2. The van der Waals surface area contributed by atoms with Crippen molar-refractivity contribution in [1.82, 2.24) is 5.32 Å². The lowest BCUT2D eigenvalue weighted by Crippen LogP contribution is -2.36. The molecule has 5 rings (SSSR count). The van der Waals surface area contributed by atoms with Gasteiger partial charge in [0.05, 0.1) is 0 Å². The largest absolute Gasteiger partial charge is 0.405 e. The number of rotatable bonds is 3. The molecule has 30 heavy (non-hydrogen) atoms. The lowest BCUT2D eigenvalue weighted by Gasteiger charge is -2.30. The Bertz CT molecular complexity index is 954. The van der Waals surface area contributed by atoms with Crippen molar-refractivity contribution in [3.8, 4) is 11.1 Å². The molecular weight excluding hydrogens is 379 g/mol. The number of alkyl halides is 1. The first kappa shape index (κ1) is 19.4. The smallest absolute Gasteiger partial charge is 0.340 e. The average Bonchev–Trinajstić information content (AvgIpc) is 3.10. The van der Waals surface area contributed by atoms with Crippen LogP contribution in [0.1, 0.15) is 56.1 Å². The first-order valence-corrected chi connectivity index (χ1v) is 11.0. The molecule has 0 aromatic heterocycles. The zero-order chi connectivity index (χ0) is 20.6. The summed E-state index contributed by atoms with van der Waals surface area (Å²) in [5.74, 6) is 0.240. The van der Waals surface area contributed by atoms with Gasteiger partial charge in [0.25, 0.3) is 0 Å². The molecule has 156 valence electrons. The second kappa shape index (κ2) is 7.62. The van der Waals surface area contributed by atoms with E-state index >= 15 is 4.39 Å². The van der Waals surface area contributed by atoms with Gasteiger partial charge in [-0.3, -0.25) is 0 Å². The molecular formula is C25H27FN2O2. The summed E-state index contributed by atoms with van der Waals surface area (Å²) in [5, 5.41) is 3.22. The van der Waals surface area contributed by atoms with Crippen LogP contribution in [0.15, 0.2) is 53.5 Å². The molecule has 0 atom stereocenters. The minimum atomic E-state index is -1.23. The zero-order valence-electron chi connectivity index (χ0n) is 17.1. The molecule has 0 radical (unpaired) electrons. The Morgan fingerprint density at radius 1 is 0.800 bits per heavy atom. The first-order chi connectivity index (χ1) is 14.6. The standard InChI is InChI=1S/C25H27FN2O2/c26-24(14-16-27-17-15-24)21-10-8-19(9-11-21)18-4-6-20(7-5-18)22-28-25(23(29)30-22)12-2-1-3-13-25/h4-11,27H,1-3,12-17H2. The number of cyclic esters (lactones) is 1. The minimum Gasteiger partial charge on any atom is -0.405 e. The van der Waals surface area contributed by atoms with E-state index in [9.17, 15) is 4.79 Å². The third kappa shape index (κ3) is 3.45. The molecule has 0 unspecified atom stereocenters. The molecule has 5 heteroatoms. The lowest BCUT2D eigenvalue weighted by molar-refractivity contribution is -0.140. The van der Waals surface area contributed by atoms with Crippen LogP contribution in [0.2, 0.25) is 0 Å². The number of carbonyl (C=O) groups excluding carboxylic acids is 1. The Morgan fingerprint density at radius 3 is 2.00 bits per heavy atom. The van der Waals surface area contributed by atoms with Crippen LogP contribution < -0.4 is 5.32 Å². The second-order valence-corrected chi connectivity index (χ2v) is 8.77. The van der Waals surface area contributed by atoms with Crippen molar-refractivity contribution in [3.05, 3.63) is 59.7 Å². The van der Waals surface area contributed by atoms with E-state index in [1.54, 1.807) is 0 Å². The summed E-state index contributed by atoms with van der Waals surface area (Å²) < 4.78 is 20.7. The highest BCUT2D eigenvalue weighted by Crippen LogP contribution is 2.38. The van der Waals surface area contributed by atoms with Crippen LogP contribution >= 0.6 is 0 Å². The van der Waals surface area contributed by atoms with E-state index < -0.39 is 11.2 Å². The summed E-state index contributed by atoms with van der Waals surface area (Å²) >= 11 is 0. The third-order valence-electron chi connectivity index (χ3n) is 6.83. The van der Waals surface area contributed by atoms with Gasteiger partial charge in [0.15, 0.2) is 5.54 Å². The molecule has 2 heterocycles. The first-order valence-electron chi connectivity index (χ1n) is 11.0. The van der Waals surface area contributed by atoms with Gasteiger partial charge < -0.3 is 10.1 Å². The maximum Gasteiger partial charge on any atom is 0.340 e. The van der Waals surface area contributed by atoms with E-state index in [1.807, 2.05) is 48.5 Å². The van der Waals surface area contributed by atoms with E-state index in [0.29, 0.717) is 18.7 Å². The topological polar surface area (TPSA) is 50.7 Å². The summed E-state index contributed by atoms with van der Waals surface area (Å²) in [6.07, 6.45) is 5.81. The van der Waals surface area contributed by atoms with Crippen LogP contribution in [-0.4, -0.2) is 30.5 Å².